The lowest BCUT2D eigenvalue weighted by atomic mass is 9.51. The fourth-order valence-electron chi connectivity index (χ4n) is 4.02. The van der Waals surface area contributed by atoms with Crippen LogP contribution in [0.5, 0.6) is 0 Å². The molecule has 1 nitrogen and oxygen atoms in total. The number of rotatable bonds is 2. The minimum absolute atomic E-state index is 0.332. The van der Waals surface area contributed by atoms with Crippen LogP contribution in [-0.2, 0) is 0 Å². The zero-order chi connectivity index (χ0) is 12.3. The first-order chi connectivity index (χ1) is 8.12. The monoisotopic (exact) mass is 233 g/mol. The van der Waals surface area contributed by atoms with Crippen LogP contribution in [-0.4, -0.2) is 28.1 Å². The van der Waals surface area contributed by atoms with Crippen LogP contribution in [0.25, 0.3) is 0 Å². The van der Waals surface area contributed by atoms with E-state index in [1.807, 2.05) is 0 Å². The molecule has 3 rings (SSSR count). The van der Waals surface area contributed by atoms with Crippen molar-refractivity contribution in [1.29, 1.82) is 0 Å². The van der Waals surface area contributed by atoms with E-state index in [2.05, 4.69) is 28.1 Å². The Morgan fingerprint density at radius 2 is 1.35 bits per heavy atom. The maximum absolute atomic E-state index is 3.57. The summed E-state index contributed by atoms with van der Waals surface area (Å²) < 4.78 is 0. The Labute approximate surface area is 109 Å². The third kappa shape index (κ3) is 3.53. The number of fused-ring (bicyclic) bond motifs is 7. The molecule has 0 amide bonds. The number of nitrogens with one attached hydrogen (secondary N) is 1. The molecule has 0 radical (unpaired) electrons. The molecule has 0 spiro atoms. The van der Waals surface area contributed by atoms with Gasteiger partial charge in [0.15, 0.2) is 0 Å². The van der Waals surface area contributed by atoms with Gasteiger partial charge >= 0.3 is 0 Å². The molecule has 2 atom stereocenters. The highest BCUT2D eigenvalue weighted by molar-refractivity contribution is 6.40. The van der Waals surface area contributed by atoms with Crippen molar-refractivity contribution in [2.75, 3.05) is 7.05 Å². The standard InChI is InChI=1S/C14H29B2N/c1-17-14(15,16)13-9-11-5-2-3-6-12(10-13)8-4-7-11/h11-13,17H,2-10,15-16H2,1H3. The van der Waals surface area contributed by atoms with Crippen LogP contribution in [0.15, 0.2) is 0 Å². The summed E-state index contributed by atoms with van der Waals surface area (Å²) in [4.78, 5) is 0. The molecule has 2 unspecified atom stereocenters. The van der Waals surface area contributed by atoms with Gasteiger partial charge in [0, 0.05) is 0 Å². The number of hydrogen-bond acceptors (Lipinski definition) is 1. The van der Waals surface area contributed by atoms with Gasteiger partial charge in [-0.3, -0.25) is 0 Å². The van der Waals surface area contributed by atoms with E-state index in [9.17, 15) is 0 Å². The third-order valence-electron chi connectivity index (χ3n) is 5.60. The predicted molar refractivity (Wildman–Crippen MR) is 80.9 cm³/mol. The van der Waals surface area contributed by atoms with Crippen LogP contribution < -0.4 is 5.32 Å². The average Bonchev–Trinajstić information content (AvgIpc) is 2.44. The summed E-state index contributed by atoms with van der Waals surface area (Å²) in [7, 11) is 6.96. The van der Waals surface area contributed by atoms with Crippen molar-refractivity contribution in [2.24, 2.45) is 17.8 Å². The van der Waals surface area contributed by atoms with Crippen molar-refractivity contribution in [1.82, 2.24) is 5.32 Å². The van der Waals surface area contributed by atoms with Gasteiger partial charge < -0.3 is 5.32 Å². The van der Waals surface area contributed by atoms with Gasteiger partial charge in [0.2, 0.25) is 0 Å². The van der Waals surface area contributed by atoms with Crippen molar-refractivity contribution < 1.29 is 0 Å². The highest BCUT2D eigenvalue weighted by atomic mass is 14.9. The van der Waals surface area contributed by atoms with Gasteiger partial charge in [-0.25, -0.2) is 0 Å². The summed E-state index contributed by atoms with van der Waals surface area (Å²) in [6.07, 6.45) is 13.5. The molecule has 3 aliphatic rings. The van der Waals surface area contributed by atoms with Gasteiger partial charge in [0.05, 0.1) is 0 Å². The summed E-state index contributed by atoms with van der Waals surface area (Å²) >= 11 is 0. The van der Waals surface area contributed by atoms with Gasteiger partial charge in [0.1, 0.15) is 15.7 Å². The van der Waals surface area contributed by atoms with Gasteiger partial charge in [0.25, 0.3) is 0 Å². The normalized spacial score (nSPS) is 35.7. The molecule has 2 bridgehead atoms. The lowest BCUT2D eigenvalue weighted by molar-refractivity contribution is 0.219. The SMILES string of the molecule is BC(B)(NC)C1CC2CCCCC(CCC2)C1. The van der Waals surface area contributed by atoms with E-state index in [1.165, 1.54) is 57.8 Å². The van der Waals surface area contributed by atoms with Crippen LogP contribution >= 0.6 is 0 Å². The fraction of sp³-hybridized carbons (Fsp3) is 1.00. The Kier molecular flexibility index (Phi) is 4.63. The lowest BCUT2D eigenvalue weighted by Crippen LogP contribution is -2.52. The second kappa shape index (κ2) is 5.82. The van der Waals surface area contributed by atoms with Gasteiger partial charge in [-0.1, -0.05) is 44.9 Å². The molecule has 1 N–H and O–H groups in total. The van der Waals surface area contributed by atoms with E-state index in [1.54, 1.807) is 0 Å². The van der Waals surface area contributed by atoms with E-state index < -0.39 is 0 Å². The predicted octanol–water partition coefficient (Wildman–Crippen LogP) is 1.51. The van der Waals surface area contributed by atoms with Gasteiger partial charge in [-0.05, 0) is 43.0 Å². The Balaban J connectivity index is 2.12. The summed E-state index contributed by atoms with van der Waals surface area (Å²) in [6, 6.07) is 0. The second-order valence-electron chi connectivity index (χ2n) is 7.09. The quantitative estimate of drug-likeness (QED) is 0.713. The first-order valence-corrected chi connectivity index (χ1v) is 7.80. The summed E-state index contributed by atoms with van der Waals surface area (Å²) in [5, 5.41) is 3.90. The van der Waals surface area contributed by atoms with Gasteiger partial charge in [-0.15, -0.1) is 0 Å². The minimum atomic E-state index is 0.332. The van der Waals surface area contributed by atoms with E-state index in [0.29, 0.717) is 5.34 Å². The second-order valence-corrected chi connectivity index (χ2v) is 7.09. The molecule has 3 aliphatic carbocycles. The molecule has 0 aromatic carbocycles. The molecule has 0 aromatic heterocycles. The lowest BCUT2D eigenvalue weighted by Gasteiger charge is -2.40. The topological polar surface area (TPSA) is 12.0 Å². The van der Waals surface area contributed by atoms with Crippen molar-refractivity contribution >= 4 is 15.7 Å². The molecule has 0 heterocycles. The van der Waals surface area contributed by atoms with E-state index >= 15 is 0 Å². The molecule has 3 heteroatoms. The zero-order valence-electron chi connectivity index (χ0n) is 12.1. The smallest absolute Gasteiger partial charge is 0.117 e. The van der Waals surface area contributed by atoms with Crippen LogP contribution in [0.1, 0.15) is 57.8 Å². The average molecular weight is 233 g/mol. The molecule has 3 saturated carbocycles. The zero-order valence-corrected chi connectivity index (χ0v) is 12.1. The third-order valence-corrected chi connectivity index (χ3v) is 5.60. The minimum Gasteiger partial charge on any atom is -0.329 e. The summed E-state index contributed by atoms with van der Waals surface area (Å²) in [5.74, 6) is 2.93. The Morgan fingerprint density at radius 3 is 1.82 bits per heavy atom. The van der Waals surface area contributed by atoms with Gasteiger partial charge in [-0.2, -0.15) is 0 Å². The maximum atomic E-state index is 3.57. The van der Waals surface area contributed by atoms with Crippen molar-refractivity contribution in [2.45, 2.75) is 63.1 Å². The molecular weight excluding hydrogens is 204 g/mol. The molecular formula is C14H29B2N. The first kappa shape index (κ1) is 13.5. The summed E-state index contributed by atoms with van der Waals surface area (Å²) in [5.41, 5.74) is 0. The van der Waals surface area contributed by atoms with Crippen molar-refractivity contribution in [3.8, 4) is 0 Å². The van der Waals surface area contributed by atoms with Crippen LogP contribution in [0.3, 0.4) is 0 Å². The van der Waals surface area contributed by atoms with Crippen molar-refractivity contribution in [3.63, 3.8) is 0 Å². The molecule has 0 aromatic rings. The Hall–Kier alpha value is 0.0899. The van der Waals surface area contributed by atoms with Crippen LogP contribution in [0.2, 0.25) is 0 Å². The molecule has 96 valence electrons. The maximum Gasteiger partial charge on any atom is 0.117 e. The van der Waals surface area contributed by atoms with Crippen LogP contribution in [0, 0.1) is 17.8 Å². The van der Waals surface area contributed by atoms with E-state index in [0.717, 1.165) is 17.8 Å². The molecule has 0 saturated heterocycles. The molecule has 17 heavy (non-hydrogen) atoms. The highest BCUT2D eigenvalue weighted by Crippen LogP contribution is 2.39. The van der Waals surface area contributed by atoms with Crippen LogP contribution in [0.4, 0.5) is 0 Å². The highest BCUT2D eigenvalue weighted by Gasteiger charge is 2.33. The Bertz CT molecular complexity index is 222. The summed E-state index contributed by atoms with van der Waals surface area (Å²) in [6.45, 7) is 0. The Morgan fingerprint density at radius 1 is 0.882 bits per heavy atom. The largest absolute Gasteiger partial charge is 0.329 e. The van der Waals surface area contributed by atoms with E-state index in [-0.39, 0.29) is 0 Å². The molecule has 3 fully saturated rings. The van der Waals surface area contributed by atoms with E-state index in [4.69, 9.17) is 0 Å². The molecule has 0 aliphatic heterocycles. The first-order valence-electron chi connectivity index (χ1n) is 7.80. The van der Waals surface area contributed by atoms with Crippen molar-refractivity contribution in [3.05, 3.63) is 0 Å². The fourth-order valence-corrected chi connectivity index (χ4v) is 4.02. The number of hydrogen-bond donors (Lipinski definition) is 1.